The van der Waals surface area contributed by atoms with Gasteiger partial charge in [-0.2, -0.15) is 0 Å². The van der Waals surface area contributed by atoms with Crippen molar-refractivity contribution in [2.45, 2.75) is 0 Å². The molecule has 0 aromatic carbocycles. The number of hydrazine groups is 1. The van der Waals surface area contributed by atoms with E-state index < -0.39 is 0 Å². The lowest BCUT2D eigenvalue weighted by molar-refractivity contribution is 0.0956. The second kappa shape index (κ2) is 5.96. The van der Waals surface area contributed by atoms with Gasteiger partial charge >= 0.3 is 0 Å². The topological polar surface area (TPSA) is 76.5 Å². The summed E-state index contributed by atoms with van der Waals surface area (Å²) in [5, 5.41) is 4.28. The molecule has 11 heavy (non-hydrogen) atoms. The number of ether oxygens (including phenoxy) is 1. The summed E-state index contributed by atoms with van der Waals surface area (Å²) in [5.41, 5.74) is 6.21. The molecule has 0 aliphatic carbocycles. The molecule has 0 amide bonds. The molecule has 0 rings (SSSR count). The molecule has 5 N–H and O–H groups in total. The summed E-state index contributed by atoms with van der Waals surface area (Å²) in [4.78, 5) is 0. The first-order valence-corrected chi connectivity index (χ1v) is 3.31. The number of nitrogens with two attached hydrogens (primary N) is 2. The number of methoxy groups -OCH3 is 1. The molecule has 0 radical (unpaired) electrons. The van der Waals surface area contributed by atoms with E-state index in [4.69, 9.17) is 16.3 Å². The first-order chi connectivity index (χ1) is 5.20. The average Bonchev–Trinajstić information content (AvgIpc) is 1.87. The number of hydrogen-bond donors (Lipinski definition) is 3. The summed E-state index contributed by atoms with van der Waals surface area (Å²) >= 11 is 0. The quantitative estimate of drug-likeness (QED) is 0.267. The van der Waals surface area contributed by atoms with Crippen molar-refractivity contribution < 1.29 is 4.74 Å². The Morgan fingerprint density at radius 2 is 2.36 bits per heavy atom. The average molecular weight is 160 g/mol. The minimum atomic E-state index is 0.338. The Morgan fingerprint density at radius 3 is 2.82 bits per heavy atom. The fourth-order valence-electron chi connectivity index (χ4n) is 0.649. The summed E-state index contributed by atoms with van der Waals surface area (Å²) in [5.74, 6) is 5.44. The van der Waals surface area contributed by atoms with E-state index in [1.807, 2.05) is 7.05 Å². The van der Waals surface area contributed by atoms with Gasteiger partial charge in [0.1, 0.15) is 6.73 Å². The molecule has 0 aromatic heterocycles. The predicted octanol–water partition coefficient (Wildman–Crippen LogP) is -1.21. The number of nitrogens with one attached hydrogen (secondary N) is 1. The zero-order chi connectivity index (χ0) is 8.69. The first kappa shape index (κ1) is 10.2. The summed E-state index contributed by atoms with van der Waals surface area (Å²) in [6.07, 6.45) is 1.62. The van der Waals surface area contributed by atoms with E-state index in [2.05, 4.69) is 5.32 Å². The van der Waals surface area contributed by atoms with Crippen LogP contribution < -0.4 is 16.9 Å². The van der Waals surface area contributed by atoms with Crippen LogP contribution in [0.5, 0.6) is 0 Å². The van der Waals surface area contributed by atoms with Gasteiger partial charge in [-0.3, -0.25) is 5.01 Å². The number of likely N-dealkylation sites (N-methyl/N-ethyl adjacent to an activating group) is 1. The summed E-state index contributed by atoms with van der Waals surface area (Å²) in [7, 11) is 3.39. The highest BCUT2D eigenvalue weighted by Gasteiger charge is 1.91. The van der Waals surface area contributed by atoms with Crippen LogP contribution in [0.25, 0.3) is 0 Å². The van der Waals surface area contributed by atoms with Crippen molar-refractivity contribution in [1.29, 1.82) is 0 Å². The first-order valence-electron chi connectivity index (χ1n) is 3.31. The third-order valence-electron chi connectivity index (χ3n) is 0.991. The van der Waals surface area contributed by atoms with Crippen molar-refractivity contribution in [3.63, 3.8) is 0 Å². The molecule has 0 aromatic rings. The molecule has 0 aliphatic rings. The van der Waals surface area contributed by atoms with Gasteiger partial charge in [-0.25, -0.2) is 5.84 Å². The zero-order valence-corrected chi connectivity index (χ0v) is 7.00. The molecule has 0 atom stereocenters. The second-order valence-electron chi connectivity index (χ2n) is 2.17. The number of hydrogen-bond acceptors (Lipinski definition) is 5. The van der Waals surface area contributed by atoms with Crippen LogP contribution in [0, 0.1) is 0 Å². The minimum absolute atomic E-state index is 0.338. The highest BCUT2D eigenvalue weighted by Crippen LogP contribution is 1.84. The van der Waals surface area contributed by atoms with Gasteiger partial charge in [0.2, 0.25) is 0 Å². The van der Waals surface area contributed by atoms with Crippen molar-refractivity contribution in [1.82, 2.24) is 10.3 Å². The van der Waals surface area contributed by atoms with Crippen molar-refractivity contribution in [2.24, 2.45) is 11.6 Å². The standard InChI is InChI=1S/C6H16N4O/c1-9-3-6(7)4-10(8)5-11-2/h4,9H,3,5,7-8H2,1-2H3/b6-4-. The van der Waals surface area contributed by atoms with Crippen LogP contribution in [0.3, 0.4) is 0 Å². The Hall–Kier alpha value is -0.780. The fourth-order valence-corrected chi connectivity index (χ4v) is 0.649. The smallest absolute Gasteiger partial charge is 0.132 e. The van der Waals surface area contributed by atoms with Crippen molar-refractivity contribution in [3.05, 3.63) is 11.9 Å². The third-order valence-corrected chi connectivity index (χ3v) is 0.991. The van der Waals surface area contributed by atoms with E-state index in [1.165, 1.54) is 5.01 Å². The van der Waals surface area contributed by atoms with Crippen LogP contribution in [0.2, 0.25) is 0 Å². The molecule has 0 saturated heterocycles. The monoisotopic (exact) mass is 160 g/mol. The van der Waals surface area contributed by atoms with Crippen molar-refractivity contribution in [3.8, 4) is 0 Å². The maximum atomic E-state index is 5.54. The van der Waals surface area contributed by atoms with Crippen LogP contribution in [0.4, 0.5) is 0 Å². The lowest BCUT2D eigenvalue weighted by atomic mass is 10.5. The normalized spacial score (nSPS) is 11.7. The van der Waals surface area contributed by atoms with Crippen LogP contribution in [0.15, 0.2) is 11.9 Å². The maximum absolute atomic E-state index is 5.54. The Kier molecular flexibility index (Phi) is 5.54. The number of rotatable bonds is 5. The van der Waals surface area contributed by atoms with E-state index in [-0.39, 0.29) is 0 Å². The van der Waals surface area contributed by atoms with Crippen LogP contribution in [-0.2, 0) is 4.74 Å². The predicted molar refractivity (Wildman–Crippen MR) is 44.1 cm³/mol. The largest absolute Gasteiger partial charge is 0.400 e. The van der Waals surface area contributed by atoms with E-state index in [0.717, 1.165) is 0 Å². The Bertz CT molecular complexity index is 126. The summed E-state index contributed by atoms with van der Waals surface area (Å²) in [6, 6.07) is 0. The highest BCUT2D eigenvalue weighted by atomic mass is 16.5. The SMILES string of the molecule is CNC/C(N)=C/N(N)COC. The molecule has 5 nitrogen and oxygen atoms in total. The molecule has 5 heteroatoms. The lowest BCUT2D eigenvalue weighted by Gasteiger charge is -2.12. The Balaban J connectivity index is 3.66. The van der Waals surface area contributed by atoms with Gasteiger partial charge in [-0.1, -0.05) is 0 Å². The van der Waals surface area contributed by atoms with E-state index in [0.29, 0.717) is 19.0 Å². The van der Waals surface area contributed by atoms with Gasteiger partial charge in [0.15, 0.2) is 0 Å². The maximum Gasteiger partial charge on any atom is 0.132 e. The summed E-state index contributed by atoms with van der Waals surface area (Å²) in [6.45, 7) is 0.960. The molecular formula is C6H16N4O. The third kappa shape index (κ3) is 5.65. The molecule has 0 saturated carbocycles. The molecule has 66 valence electrons. The van der Waals surface area contributed by atoms with Crippen LogP contribution in [0.1, 0.15) is 0 Å². The van der Waals surface area contributed by atoms with Gasteiger partial charge in [0, 0.05) is 25.6 Å². The zero-order valence-electron chi connectivity index (χ0n) is 7.00. The number of nitrogens with zero attached hydrogens (tertiary/aromatic N) is 1. The van der Waals surface area contributed by atoms with E-state index in [1.54, 1.807) is 13.3 Å². The van der Waals surface area contributed by atoms with E-state index in [9.17, 15) is 0 Å². The second-order valence-corrected chi connectivity index (χ2v) is 2.17. The highest BCUT2D eigenvalue weighted by molar-refractivity contribution is 4.96. The molecule has 0 unspecified atom stereocenters. The summed E-state index contributed by atoms with van der Waals surface area (Å²) < 4.78 is 4.76. The Morgan fingerprint density at radius 1 is 1.73 bits per heavy atom. The van der Waals surface area contributed by atoms with Gasteiger partial charge in [-0.15, -0.1) is 0 Å². The van der Waals surface area contributed by atoms with Gasteiger partial charge in [0.25, 0.3) is 0 Å². The van der Waals surface area contributed by atoms with Crippen molar-refractivity contribution >= 4 is 0 Å². The molecule has 0 bridgehead atoms. The fraction of sp³-hybridized carbons (Fsp3) is 0.667. The Labute approximate surface area is 66.9 Å². The minimum Gasteiger partial charge on any atom is -0.400 e. The van der Waals surface area contributed by atoms with Crippen LogP contribution in [-0.4, -0.2) is 32.4 Å². The van der Waals surface area contributed by atoms with E-state index >= 15 is 0 Å². The molecule has 0 spiro atoms. The van der Waals surface area contributed by atoms with Gasteiger partial charge in [-0.05, 0) is 7.05 Å². The molecule has 0 aliphatic heterocycles. The molecular weight excluding hydrogens is 144 g/mol. The van der Waals surface area contributed by atoms with Gasteiger partial charge < -0.3 is 15.8 Å². The van der Waals surface area contributed by atoms with Crippen LogP contribution >= 0.6 is 0 Å². The molecule has 0 fully saturated rings. The lowest BCUT2D eigenvalue weighted by Crippen LogP contribution is -2.30. The molecule has 0 heterocycles. The van der Waals surface area contributed by atoms with Crippen molar-refractivity contribution in [2.75, 3.05) is 27.4 Å². The van der Waals surface area contributed by atoms with Gasteiger partial charge in [0.05, 0.1) is 0 Å².